The molecule has 3 aromatic carbocycles. The highest BCUT2D eigenvalue weighted by Gasteiger charge is 2.15. The van der Waals surface area contributed by atoms with Gasteiger partial charge in [-0.1, -0.05) is 60.7 Å². The van der Waals surface area contributed by atoms with Crippen LogP contribution in [0.1, 0.15) is 21.5 Å². The predicted octanol–water partition coefficient (Wildman–Crippen LogP) is 4.98. The van der Waals surface area contributed by atoms with E-state index in [4.69, 9.17) is 12.2 Å². The minimum Gasteiger partial charge on any atom is -0.347 e. The van der Waals surface area contributed by atoms with E-state index in [0.717, 1.165) is 16.9 Å². The molecular formula is C29H25N5O2S. The Balaban J connectivity index is 1.46. The molecule has 7 nitrogen and oxygen atoms in total. The number of nitrogens with zero attached hydrogens (tertiary/aromatic N) is 1. The van der Waals surface area contributed by atoms with Gasteiger partial charge in [0.15, 0.2) is 5.11 Å². The summed E-state index contributed by atoms with van der Waals surface area (Å²) in [7, 11) is 0. The first kappa shape index (κ1) is 25.3. The molecule has 0 fully saturated rings. The standard InChI is InChI=1S/C29H25N5O2S/c35-27(22-11-3-1-4-12-22)33-26(18-21-10-9-17-30-19-21)28(36)31-20-23-13-7-8-16-25(23)34-29(37)32-24-14-5-2-6-15-24/h1-19H,20H2,(H,31,36)(H,33,35)(H2,32,34,37). The molecule has 4 N–H and O–H groups in total. The van der Waals surface area contributed by atoms with Crippen molar-refractivity contribution in [2.24, 2.45) is 0 Å². The van der Waals surface area contributed by atoms with Crippen molar-refractivity contribution in [3.8, 4) is 0 Å². The van der Waals surface area contributed by atoms with Gasteiger partial charge in [-0.05, 0) is 65.8 Å². The minimum atomic E-state index is -0.437. The Hall–Kier alpha value is -4.82. The monoisotopic (exact) mass is 507 g/mol. The van der Waals surface area contributed by atoms with Crippen LogP contribution in [0.5, 0.6) is 0 Å². The number of thiocarbonyl (C=S) groups is 1. The second kappa shape index (κ2) is 12.8. The van der Waals surface area contributed by atoms with E-state index < -0.39 is 5.91 Å². The zero-order chi connectivity index (χ0) is 25.9. The summed E-state index contributed by atoms with van der Waals surface area (Å²) in [6.07, 6.45) is 4.84. The molecule has 0 radical (unpaired) electrons. The lowest BCUT2D eigenvalue weighted by molar-refractivity contribution is -0.117. The molecule has 0 bridgehead atoms. The van der Waals surface area contributed by atoms with Crippen molar-refractivity contribution in [1.82, 2.24) is 15.6 Å². The fourth-order valence-corrected chi connectivity index (χ4v) is 3.67. The van der Waals surface area contributed by atoms with Crippen molar-refractivity contribution in [2.45, 2.75) is 6.54 Å². The normalized spacial score (nSPS) is 10.8. The van der Waals surface area contributed by atoms with Gasteiger partial charge in [-0.3, -0.25) is 14.6 Å². The number of nitrogens with one attached hydrogen (secondary N) is 4. The molecule has 4 rings (SSSR count). The molecule has 0 atom stereocenters. The molecule has 0 aliphatic carbocycles. The van der Waals surface area contributed by atoms with E-state index >= 15 is 0 Å². The van der Waals surface area contributed by atoms with E-state index in [1.54, 1.807) is 54.9 Å². The summed E-state index contributed by atoms with van der Waals surface area (Å²) < 4.78 is 0. The van der Waals surface area contributed by atoms with Crippen molar-refractivity contribution in [2.75, 3.05) is 10.6 Å². The Morgan fingerprint density at radius 1 is 0.811 bits per heavy atom. The molecule has 0 unspecified atom stereocenters. The first-order chi connectivity index (χ1) is 18.1. The smallest absolute Gasteiger partial charge is 0.268 e. The predicted molar refractivity (Wildman–Crippen MR) is 151 cm³/mol. The highest BCUT2D eigenvalue weighted by atomic mass is 32.1. The van der Waals surface area contributed by atoms with Gasteiger partial charge in [0.1, 0.15) is 5.70 Å². The molecule has 8 heteroatoms. The van der Waals surface area contributed by atoms with Crippen molar-refractivity contribution in [3.05, 3.63) is 132 Å². The maximum atomic E-state index is 13.2. The maximum Gasteiger partial charge on any atom is 0.268 e. The third-order valence-corrected chi connectivity index (χ3v) is 5.46. The van der Waals surface area contributed by atoms with Crippen LogP contribution in [0.4, 0.5) is 11.4 Å². The average molecular weight is 508 g/mol. The summed E-state index contributed by atoms with van der Waals surface area (Å²) in [5.74, 6) is -0.821. The number of anilines is 2. The van der Waals surface area contributed by atoms with Crippen LogP contribution in [0, 0.1) is 0 Å². The average Bonchev–Trinajstić information content (AvgIpc) is 2.93. The van der Waals surface area contributed by atoms with E-state index in [0.29, 0.717) is 16.2 Å². The van der Waals surface area contributed by atoms with Crippen LogP contribution in [0.2, 0.25) is 0 Å². The number of carbonyl (C=O) groups excluding carboxylic acids is 2. The fraction of sp³-hybridized carbons (Fsp3) is 0.0345. The highest BCUT2D eigenvalue weighted by molar-refractivity contribution is 7.80. The lowest BCUT2D eigenvalue weighted by Crippen LogP contribution is -2.34. The number of carbonyl (C=O) groups is 2. The van der Waals surface area contributed by atoms with Gasteiger partial charge in [-0.15, -0.1) is 0 Å². The molecule has 0 aliphatic rings. The van der Waals surface area contributed by atoms with Gasteiger partial charge in [0.25, 0.3) is 11.8 Å². The molecule has 0 aliphatic heterocycles. The van der Waals surface area contributed by atoms with Crippen molar-refractivity contribution >= 4 is 46.6 Å². The first-order valence-corrected chi connectivity index (χ1v) is 12.0. The first-order valence-electron chi connectivity index (χ1n) is 11.6. The van der Waals surface area contributed by atoms with Crippen molar-refractivity contribution in [1.29, 1.82) is 0 Å². The zero-order valence-corrected chi connectivity index (χ0v) is 20.7. The van der Waals surface area contributed by atoms with E-state index in [-0.39, 0.29) is 18.1 Å². The molecule has 1 aromatic heterocycles. The third-order valence-electron chi connectivity index (χ3n) is 5.26. The number of benzene rings is 3. The number of hydrogen-bond acceptors (Lipinski definition) is 4. The van der Waals surface area contributed by atoms with Crippen LogP contribution >= 0.6 is 12.2 Å². The van der Waals surface area contributed by atoms with Crippen molar-refractivity contribution < 1.29 is 9.59 Å². The molecule has 0 saturated carbocycles. The summed E-state index contributed by atoms with van der Waals surface area (Å²) in [5.41, 5.74) is 3.67. The summed E-state index contributed by atoms with van der Waals surface area (Å²) in [4.78, 5) is 30.0. The SMILES string of the molecule is O=C(NCc1ccccc1NC(=S)Nc1ccccc1)C(=Cc1cccnc1)NC(=O)c1ccccc1. The summed E-state index contributed by atoms with van der Waals surface area (Å²) in [5, 5.41) is 12.4. The van der Waals surface area contributed by atoms with Gasteiger partial charge in [0, 0.05) is 35.9 Å². The largest absolute Gasteiger partial charge is 0.347 e. The van der Waals surface area contributed by atoms with Gasteiger partial charge in [0.05, 0.1) is 0 Å². The number of pyridine rings is 1. The second-order valence-electron chi connectivity index (χ2n) is 7.95. The van der Waals surface area contributed by atoms with E-state index in [1.807, 2.05) is 60.7 Å². The van der Waals surface area contributed by atoms with E-state index in [9.17, 15) is 9.59 Å². The zero-order valence-electron chi connectivity index (χ0n) is 19.8. The molecule has 0 spiro atoms. The summed E-state index contributed by atoms with van der Waals surface area (Å²) >= 11 is 5.45. The van der Waals surface area contributed by atoms with Crippen LogP contribution in [0.25, 0.3) is 6.08 Å². The Kier molecular flexibility index (Phi) is 8.72. The maximum absolute atomic E-state index is 13.2. The Morgan fingerprint density at radius 3 is 2.24 bits per heavy atom. The number of aromatic nitrogens is 1. The third kappa shape index (κ3) is 7.58. The number of hydrogen-bond donors (Lipinski definition) is 4. The van der Waals surface area contributed by atoms with Gasteiger partial charge in [-0.25, -0.2) is 0 Å². The second-order valence-corrected chi connectivity index (χ2v) is 8.36. The number of rotatable bonds is 8. The molecule has 4 aromatic rings. The Bertz CT molecular complexity index is 1390. The molecule has 0 saturated heterocycles. The molecule has 2 amide bonds. The van der Waals surface area contributed by atoms with Gasteiger partial charge >= 0.3 is 0 Å². The van der Waals surface area contributed by atoms with E-state index in [1.165, 1.54) is 0 Å². The van der Waals surface area contributed by atoms with Crippen LogP contribution < -0.4 is 21.3 Å². The van der Waals surface area contributed by atoms with Gasteiger partial charge < -0.3 is 21.3 Å². The Labute approximate surface area is 220 Å². The topological polar surface area (TPSA) is 95.2 Å². The quantitative estimate of drug-likeness (QED) is 0.199. The summed E-state index contributed by atoms with van der Waals surface area (Å²) in [6.45, 7) is 0.210. The van der Waals surface area contributed by atoms with Gasteiger partial charge in [0.2, 0.25) is 0 Å². The molecule has 1 heterocycles. The lowest BCUT2D eigenvalue weighted by atomic mass is 10.1. The van der Waals surface area contributed by atoms with Gasteiger partial charge in [-0.2, -0.15) is 0 Å². The lowest BCUT2D eigenvalue weighted by Gasteiger charge is -2.15. The number of para-hydroxylation sites is 2. The van der Waals surface area contributed by atoms with Crippen LogP contribution in [-0.4, -0.2) is 21.9 Å². The summed E-state index contributed by atoms with van der Waals surface area (Å²) in [6, 6.07) is 29.4. The van der Waals surface area contributed by atoms with Crippen LogP contribution in [-0.2, 0) is 11.3 Å². The van der Waals surface area contributed by atoms with Crippen molar-refractivity contribution in [3.63, 3.8) is 0 Å². The van der Waals surface area contributed by atoms with E-state index in [2.05, 4.69) is 26.3 Å². The molecule has 37 heavy (non-hydrogen) atoms. The Morgan fingerprint density at radius 2 is 1.51 bits per heavy atom. The van der Waals surface area contributed by atoms with Crippen LogP contribution in [0.3, 0.4) is 0 Å². The molecular weight excluding hydrogens is 482 g/mol. The minimum absolute atomic E-state index is 0.105. The highest BCUT2D eigenvalue weighted by Crippen LogP contribution is 2.16. The fourth-order valence-electron chi connectivity index (χ4n) is 3.44. The van der Waals surface area contributed by atoms with Crippen LogP contribution in [0.15, 0.2) is 115 Å². The number of amides is 2. The molecule has 184 valence electrons.